The lowest BCUT2D eigenvalue weighted by molar-refractivity contribution is -0.138. The van der Waals surface area contributed by atoms with Gasteiger partial charge in [-0.3, -0.25) is 14.5 Å². The number of H-pyrrole nitrogens is 2. The number of carbonyl (C=O) groups excluding carboxylic acids is 3. The molecule has 0 saturated carbocycles. The second-order valence-corrected chi connectivity index (χ2v) is 21.4. The molecule has 73 heavy (non-hydrogen) atoms. The molecule has 0 unspecified atom stereocenters. The first-order valence-electron chi connectivity index (χ1n) is 25.5. The maximum atomic E-state index is 13.9. The monoisotopic (exact) mass is 1000 g/mol. The largest absolute Gasteiger partial charge is 0.465 e. The summed E-state index contributed by atoms with van der Waals surface area (Å²) in [5, 5.41) is 12.5. The predicted octanol–water partition coefficient (Wildman–Crippen LogP) is 9.44. The first-order chi connectivity index (χ1) is 34.9. The van der Waals surface area contributed by atoms with Gasteiger partial charge in [0.25, 0.3) is 0 Å². The minimum Gasteiger partial charge on any atom is -0.465 e. The van der Waals surface area contributed by atoms with Crippen LogP contribution >= 0.6 is 0 Å². The summed E-state index contributed by atoms with van der Waals surface area (Å²) in [4.78, 5) is 75.5. The molecule has 3 aliphatic rings. The number of carbonyl (C=O) groups is 4. The lowest BCUT2D eigenvalue weighted by atomic mass is 9.87. The third-order valence-corrected chi connectivity index (χ3v) is 15.1. The third-order valence-electron chi connectivity index (χ3n) is 15.1. The summed E-state index contributed by atoms with van der Waals surface area (Å²) >= 11 is 0. The molecule has 4 amide bonds. The lowest BCUT2D eigenvalue weighted by Gasteiger charge is -2.34. The Hall–Kier alpha value is -6.72. The zero-order valence-corrected chi connectivity index (χ0v) is 44.1. The summed E-state index contributed by atoms with van der Waals surface area (Å²) in [6, 6.07) is 23.1. The molecule has 5 heterocycles. The summed E-state index contributed by atoms with van der Waals surface area (Å²) in [5.41, 5.74) is 7.79. The van der Waals surface area contributed by atoms with Gasteiger partial charge in [0.1, 0.15) is 35.9 Å². The summed E-state index contributed by atoms with van der Waals surface area (Å²) in [6.07, 6.45) is 4.20. The van der Waals surface area contributed by atoms with Crippen molar-refractivity contribution in [3.05, 3.63) is 114 Å². The van der Waals surface area contributed by atoms with Crippen LogP contribution in [0.1, 0.15) is 127 Å². The Kier molecular flexibility index (Phi) is 15.7. The van der Waals surface area contributed by atoms with Crippen LogP contribution in [0.3, 0.4) is 0 Å². The number of rotatable bonds is 15. The molecule has 3 saturated heterocycles. The normalized spacial score (nSPS) is 22.0. The molecule has 3 fully saturated rings. The molecule has 4 N–H and O–H groups in total. The van der Waals surface area contributed by atoms with Crippen LogP contribution in [-0.2, 0) is 29.2 Å². The van der Waals surface area contributed by atoms with Crippen LogP contribution in [0.2, 0.25) is 0 Å². The van der Waals surface area contributed by atoms with Crippen LogP contribution in [0.4, 0.5) is 15.3 Å². The molecular weight excluding hydrogens is 927 g/mol. The topological polar surface area (TPSA) is 199 Å². The van der Waals surface area contributed by atoms with E-state index >= 15 is 0 Å². The third kappa shape index (κ3) is 10.6. The van der Waals surface area contributed by atoms with Crippen molar-refractivity contribution in [3.63, 3.8) is 0 Å². The molecule has 0 bridgehead atoms. The number of alkyl carbamates (subject to hydrolysis) is 1. The van der Waals surface area contributed by atoms with Gasteiger partial charge in [0.15, 0.2) is 0 Å². The van der Waals surface area contributed by atoms with Crippen LogP contribution in [-0.4, -0.2) is 130 Å². The Bertz CT molecular complexity index is 2710. The number of amides is 4. The van der Waals surface area contributed by atoms with Crippen molar-refractivity contribution in [2.24, 2.45) is 11.8 Å². The molecule has 3 aromatic carbocycles. The molecular formula is C56H73N9O8. The number of hydrogen-bond donors (Lipinski definition) is 4. The molecule has 8 atom stereocenters. The fourth-order valence-electron chi connectivity index (χ4n) is 11.2. The number of nitrogens with zero attached hydrogens (tertiary/aromatic N) is 6. The summed E-state index contributed by atoms with van der Waals surface area (Å²) in [5.74, 6) is 0.671. The summed E-state index contributed by atoms with van der Waals surface area (Å²) < 4.78 is 17.7. The summed E-state index contributed by atoms with van der Waals surface area (Å²) in [6.45, 7) is 15.3. The average molecular weight is 1000 g/mol. The molecule has 3 aliphatic heterocycles. The highest BCUT2D eigenvalue weighted by molar-refractivity contribution is 5.87. The van der Waals surface area contributed by atoms with E-state index in [9.17, 15) is 24.3 Å². The molecule has 17 nitrogen and oxygen atoms in total. The van der Waals surface area contributed by atoms with E-state index in [0.29, 0.717) is 24.7 Å². The van der Waals surface area contributed by atoms with E-state index in [0.717, 1.165) is 69.9 Å². The smallest absolute Gasteiger partial charge is 0.407 e. The molecule has 0 spiro atoms. The highest BCUT2D eigenvalue weighted by Gasteiger charge is 2.51. The number of carboxylic acid groups (broad SMARTS) is 1. The van der Waals surface area contributed by atoms with Gasteiger partial charge >= 0.3 is 12.2 Å². The average Bonchev–Trinajstić information content (AvgIpc) is 4.24. The van der Waals surface area contributed by atoms with Gasteiger partial charge in [-0.2, -0.15) is 0 Å². The highest BCUT2D eigenvalue weighted by atomic mass is 16.5. The van der Waals surface area contributed by atoms with Crippen LogP contribution in [0.25, 0.3) is 22.5 Å². The quantitative estimate of drug-likeness (QED) is 0.0779. The number of likely N-dealkylation sites (tertiary alicyclic amines) is 2. The number of hydrogen-bond acceptors (Lipinski definition) is 10. The number of anilines is 1. The zero-order chi connectivity index (χ0) is 52.5. The van der Waals surface area contributed by atoms with E-state index in [4.69, 9.17) is 24.2 Å². The van der Waals surface area contributed by atoms with E-state index in [1.807, 2.05) is 38.8 Å². The second-order valence-electron chi connectivity index (χ2n) is 21.4. The Morgan fingerprint density at radius 1 is 0.699 bits per heavy atom. The Morgan fingerprint density at radius 2 is 1.16 bits per heavy atom. The van der Waals surface area contributed by atoms with Crippen LogP contribution in [0.15, 0.2) is 85.2 Å². The van der Waals surface area contributed by atoms with Gasteiger partial charge in [-0.25, -0.2) is 19.6 Å². The SMILES string of the molecule is COC(=O)N[C@H](C(=O)N1CCC[C@H]1c1ncc(-c2ccc([C@@H]3[C@H](OC)[C@@H](OC)[C@@H](c4ccc(-c5cnc([C@@H]6CCCN6C(=O)[C@H](C(C)C)N(C)C(=O)O)[nH]5)cc4)N3c3ccc(C(C)(C)C)cc3)cc2)[nH]1)C(C)C. The number of benzene rings is 3. The van der Waals surface area contributed by atoms with Crippen molar-refractivity contribution in [1.29, 1.82) is 0 Å². The van der Waals surface area contributed by atoms with Crippen molar-refractivity contribution in [2.45, 2.75) is 128 Å². The van der Waals surface area contributed by atoms with Gasteiger partial charge < -0.3 is 49.3 Å². The Balaban J connectivity index is 1.07. The van der Waals surface area contributed by atoms with Crippen LogP contribution in [0.5, 0.6) is 0 Å². The molecule has 8 rings (SSSR count). The minimum atomic E-state index is -1.13. The Labute approximate surface area is 429 Å². The second kappa shape index (κ2) is 21.8. The lowest BCUT2D eigenvalue weighted by Crippen LogP contribution is -2.51. The van der Waals surface area contributed by atoms with Crippen LogP contribution < -0.4 is 10.2 Å². The summed E-state index contributed by atoms with van der Waals surface area (Å²) in [7, 11) is 6.23. The zero-order valence-electron chi connectivity index (χ0n) is 44.1. The number of ether oxygens (including phenoxy) is 3. The van der Waals surface area contributed by atoms with Crippen molar-refractivity contribution in [1.82, 2.24) is 40.0 Å². The molecule has 2 aromatic heterocycles. The molecule has 17 heteroatoms. The van der Waals surface area contributed by atoms with Gasteiger partial charge in [0, 0.05) is 40.0 Å². The van der Waals surface area contributed by atoms with Gasteiger partial charge in [0.05, 0.1) is 55.1 Å². The van der Waals surface area contributed by atoms with E-state index in [1.165, 1.54) is 19.7 Å². The minimum absolute atomic E-state index is 0.0415. The molecule has 390 valence electrons. The van der Waals surface area contributed by atoms with Crippen molar-refractivity contribution in [3.8, 4) is 22.5 Å². The number of imidazole rings is 2. The van der Waals surface area contributed by atoms with Gasteiger partial charge in [-0.15, -0.1) is 0 Å². The van der Waals surface area contributed by atoms with E-state index in [1.54, 1.807) is 25.3 Å². The predicted molar refractivity (Wildman–Crippen MR) is 279 cm³/mol. The number of aromatic nitrogens is 4. The standard InChI is InChI=1S/C56H73N9O8/c1-32(2)44(61-54(68)73-11)52(66)63-28-12-14-42(63)50-57-30-40(59-50)34-16-20-36(21-17-34)46-48(71-9)49(72-10)47(65(46)39-26-24-38(25-27-39)56(5,6)7)37-22-18-35(19-23-37)41-31-58-51(60-41)43-15-13-29-64(43)53(67)45(33(3)4)62(8)55(69)70/h16-27,30-33,42-49H,12-15,28-29H2,1-11H3,(H,57,59)(H,58,60)(H,61,68)(H,69,70)/t42-,43-,44-,45-,46+,47+,48-,49-/m0/s1. The van der Waals surface area contributed by atoms with Crippen molar-refractivity contribution >= 4 is 29.7 Å². The van der Waals surface area contributed by atoms with Gasteiger partial charge in [-0.1, -0.05) is 109 Å². The number of likely N-dealkylation sites (N-methyl/N-ethyl adjacent to an activating group) is 1. The molecule has 0 aliphatic carbocycles. The van der Waals surface area contributed by atoms with Gasteiger partial charge in [0.2, 0.25) is 11.8 Å². The van der Waals surface area contributed by atoms with Gasteiger partial charge in [-0.05, 0) is 82.9 Å². The molecule has 5 aromatic rings. The van der Waals surface area contributed by atoms with Crippen molar-refractivity contribution < 1.29 is 38.5 Å². The van der Waals surface area contributed by atoms with E-state index in [2.05, 4.69) is 114 Å². The number of methoxy groups -OCH3 is 3. The maximum Gasteiger partial charge on any atom is 0.407 e. The van der Waals surface area contributed by atoms with E-state index in [-0.39, 0.29) is 65.4 Å². The Morgan fingerprint density at radius 3 is 1.56 bits per heavy atom. The maximum absolute atomic E-state index is 13.9. The molecule has 0 radical (unpaired) electrons. The fraction of sp³-hybridized carbons (Fsp3) is 0.500. The fourth-order valence-corrected chi connectivity index (χ4v) is 11.2. The first kappa shape index (κ1) is 52.6. The number of nitrogens with one attached hydrogen (secondary N) is 3. The van der Waals surface area contributed by atoms with Crippen molar-refractivity contribution in [2.75, 3.05) is 46.4 Å². The highest BCUT2D eigenvalue weighted by Crippen LogP contribution is 2.50. The van der Waals surface area contributed by atoms with Crippen LogP contribution in [0, 0.1) is 11.8 Å². The number of aromatic amines is 2. The first-order valence-corrected chi connectivity index (χ1v) is 25.5. The van der Waals surface area contributed by atoms with E-state index < -0.39 is 24.3 Å².